The molecule has 0 rings (SSSR count). The second-order valence-electron chi connectivity index (χ2n) is 4.71. The standard InChI is InChI=1S/C15H25NO3/c1-6-9-14(19-13(5)18)15(10-7-2,11-8-3)16-12(4)17/h7-8,14H,2-3,6,9-11H2,1,4-5H3,(H,16,17)/t14-/m1/s1. The Kier molecular flexibility index (Phi) is 7.80. The fourth-order valence-corrected chi connectivity index (χ4v) is 2.31. The molecule has 1 amide bonds. The van der Waals surface area contributed by atoms with Gasteiger partial charge in [-0.3, -0.25) is 9.59 Å². The van der Waals surface area contributed by atoms with Gasteiger partial charge in [0.25, 0.3) is 0 Å². The van der Waals surface area contributed by atoms with Gasteiger partial charge in [-0.05, 0) is 19.3 Å². The molecule has 0 saturated carbocycles. The van der Waals surface area contributed by atoms with E-state index in [1.54, 1.807) is 12.2 Å². The van der Waals surface area contributed by atoms with E-state index in [1.165, 1.54) is 13.8 Å². The van der Waals surface area contributed by atoms with Crippen LogP contribution in [0, 0.1) is 0 Å². The Labute approximate surface area is 115 Å². The molecule has 0 aromatic carbocycles. The summed E-state index contributed by atoms with van der Waals surface area (Å²) in [4.78, 5) is 22.8. The van der Waals surface area contributed by atoms with Gasteiger partial charge in [0.1, 0.15) is 6.10 Å². The number of esters is 1. The van der Waals surface area contributed by atoms with Crippen molar-refractivity contribution in [1.29, 1.82) is 0 Å². The van der Waals surface area contributed by atoms with Crippen molar-refractivity contribution < 1.29 is 14.3 Å². The number of ether oxygens (including phenoxy) is 1. The Balaban J connectivity index is 5.39. The molecule has 0 radical (unpaired) electrons. The van der Waals surface area contributed by atoms with E-state index >= 15 is 0 Å². The number of nitrogens with one attached hydrogen (secondary N) is 1. The minimum absolute atomic E-state index is 0.156. The van der Waals surface area contributed by atoms with Gasteiger partial charge < -0.3 is 10.1 Å². The van der Waals surface area contributed by atoms with Crippen LogP contribution in [0.2, 0.25) is 0 Å². The molecule has 0 aliphatic rings. The van der Waals surface area contributed by atoms with Crippen molar-refractivity contribution in [2.75, 3.05) is 0 Å². The van der Waals surface area contributed by atoms with Crippen LogP contribution in [0.4, 0.5) is 0 Å². The van der Waals surface area contributed by atoms with Crippen LogP contribution < -0.4 is 5.32 Å². The lowest BCUT2D eigenvalue weighted by molar-refractivity contribution is -0.153. The molecule has 0 heterocycles. The van der Waals surface area contributed by atoms with Crippen LogP contribution in [-0.4, -0.2) is 23.5 Å². The Bertz CT molecular complexity index is 326. The van der Waals surface area contributed by atoms with E-state index in [0.29, 0.717) is 19.3 Å². The quantitative estimate of drug-likeness (QED) is 0.516. The van der Waals surface area contributed by atoms with E-state index in [4.69, 9.17) is 4.74 Å². The molecular formula is C15H25NO3. The lowest BCUT2D eigenvalue weighted by Gasteiger charge is -2.39. The van der Waals surface area contributed by atoms with Crippen molar-refractivity contribution in [2.24, 2.45) is 0 Å². The van der Waals surface area contributed by atoms with Crippen LogP contribution in [-0.2, 0) is 14.3 Å². The summed E-state index contributed by atoms with van der Waals surface area (Å²) in [5.41, 5.74) is -0.656. The van der Waals surface area contributed by atoms with Crippen molar-refractivity contribution in [1.82, 2.24) is 5.32 Å². The van der Waals surface area contributed by atoms with Crippen LogP contribution in [0.5, 0.6) is 0 Å². The Morgan fingerprint density at radius 2 is 1.79 bits per heavy atom. The molecule has 0 spiro atoms. The number of rotatable bonds is 9. The molecule has 0 fully saturated rings. The molecule has 1 N–H and O–H groups in total. The Hall–Kier alpha value is -1.58. The van der Waals surface area contributed by atoms with Crippen molar-refractivity contribution in [3.8, 4) is 0 Å². The van der Waals surface area contributed by atoms with Crippen LogP contribution in [0.3, 0.4) is 0 Å². The summed E-state index contributed by atoms with van der Waals surface area (Å²) in [5.74, 6) is -0.502. The van der Waals surface area contributed by atoms with E-state index in [0.717, 1.165) is 6.42 Å². The summed E-state index contributed by atoms with van der Waals surface area (Å²) in [6.45, 7) is 12.3. The first-order valence-corrected chi connectivity index (χ1v) is 6.59. The number of hydrogen-bond acceptors (Lipinski definition) is 3. The van der Waals surface area contributed by atoms with Gasteiger partial charge in [-0.25, -0.2) is 0 Å². The molecule has 0 aliphatic carbocycles. The van der Waals surface area contributed by atoms with E-state index in [9.17, 15) is 9.59 Å². The van der Waals surface area contributed by atoms with Gasteiger partial charge in [-0.2, -0.15) is 0 Å². The van der Waals surface area contributed by atoms with E-state index in [-0.39, 0.29) is 18.0 Å². The summed E-state index contributed by atoms with van der Waals surface area (Å²) in [6, 6.07) is 0. The first kappa shape index (κ1) is 17.4. The third-order valence-corrected chi connectivity index (χ3v) is 2.92. The lowest BCUT2D eigenvalue weighted by atomic mass is 9.82. The normalized spacial score (nSPS) is 12.4. The molecule has 108 valence electrons. The maximum absolute atomic E-state index is 11.5. The average Bonchev–Trinajstić information content (AvgIpc) is 2.27. The van der Waals surface area contributed by atoms with Crippen LogP contribution in [0.15, 0.2) is 25.3 Å². The predicted molar refractivity (Wildman–Crippen MR) is 76.6 cm³/mol. The molecule has 0 unspecified atom stereocenters. The maximum Gasteiger partial charge on any atom is 0.302 e. The SMILES string of the molecule is C=CCC(CC=C)(NC(C)=O)[C@@H](CCC)OC(C)=O. The first-order valence-electron chi connectivity index (χ1n) is 6.59. The molecule has 4 nitrogen and oxygen atoms in total. The fraction of sp³-hybridized carbons (Fsp3) is 0.600. The average molecular weight is 267 g/mol. The van der Waals surface area contributed by atoms with Crippen molar-refractivity contribution in [3.05, 3.63) is 25.3 Å². The molecule has 0 aliphatic heterocycles. The fourth-order valence-electron chi connectivity index (χ4n) is 2.31. The van der Waals surface area contributed by atoms with E-state index in [1.807, 2.05) is 6.92 Å². The number of amides is 1. The zero-order valence-corrected chi connectivity index (χ0v) is 12.2. The zero-order chi connectivity index (χ0) is 14.9. The highest BCUT2D eigenvalue weighted by Crippen LogP contribution is 2.27. The maximum atomic E-state index is 11.5. The minimum atomic E-state index is -0.656. The predicted octanol–water partition coefficient (Wildman–Crippen LogP) is 2.75. The molecule has 0 aromatic heterocycles. The third kappa shape index (κ3) is 5.73. The summed E-state index contributed by atoms with van der Waals surface area (Å²) < 4.78 is 5.41. The minimum Gasteiger partial charge on any atom is -0.460 e. The first-order chi connectivity index (χ1) is 8.91. The molecule has 0 saturated heterocycles. The van der Waals surface area contributed by atoms with Gasteiger partial charge in [-0.1, -0.05) is 25.5 Å². The smallest absolute Gasteiger partial charge is 0.302 e. The molecule has 0 aromatic rings. The zero-order valence-electron chi connectivity index (χ0n) is 12.2. The highest BCUT2D eigenvalue weighted by Gasteiger charge is 2.39. The van der Waals surface area contributed by atoms with E-state index in [2.05, 4.69) is 18.5 Å². The topological polar surface area (TPSA) is 55.4 Å². The summed E-state index contributed by atoms with van der Waals surface area (Å²) in [5, 5.41) is 2.93. The molecule has 0 bridgehead atoms. The number of carbonyl (C=O) groups is 2. The Morgan fingerprint density at radius 3 is 2.11 bits per heavy atom. The van der Waals surface area contributed by atoms with E-state index < -0.39 is 5.54 Å². The number of carbonyl (C=O) groups excluding carboxylic acids is 2. The van der Waals surface area contributed by atoms with Crippen molar-refractivity contribution >= 4 is 11.9 Å². The lowest BCUT2D eigenvalue weighted by Crippen LogP contribution is -2.57. The summed E-state index contributed by atoms with van der Waals surface area (Å²) in [6.07, 6.45) is 5.66. The van der Waals surface area contributed by atoms with Gasteiger partial charge in [0.05, 0.1) is 5.54 Å². The third-order valence-electron chi connectivity index (χ3n) is 2.92. The summed E-state index contributed by atoms with van der Waals surface area (Å²) in [7, 11) is 0. The molecule has 1 atom stereocenters. The largest absolute Gasteiger partial charge is 0.460 e. The van der Waals surface area contributed by atoms with Gasteiger partial charge in [0.2, 0.25) is 5.91 Å². The van der Waals surface area contributed by atoms with Crippen molar-refractivity contribution in [3.63, 3.8) is 0 Å². The van der Waals surface area contributed by atoms with Gasteiger partial charge >= 0.3 is 5.97 Å². The van der Waals surface area contributed by atoms with Gasteiger partial charge in [-0.15, -0.1) is 13.2 Å². The monoisotopic (exact) mass is 267 g/mol. The Morgan fingerprint density at radius 1 is 1.26 bits per heavy atom. The summed E-state index contributed by atoms with van der Waals surface area (Å²) >= 11 is 0. The number of hydrogen-bond donors (Lipinski definition) is 1. The second kappa shape index (κ2) is 8.51. The van der Waals surface area contributed by atoms with Crippen LogP contribution >= 0.6 is 0 Å². The van der Waals surface area contributed by atoms with Crippen LogP contribution in [0.25, 0.3) is 0 Å². The van der Waals surface area contributed by atoms with Crippen LogP contribution in [0.1, 0.15) is 46.5 Å². The molecule has 19 heavy (non-hydrogen) atoms. The molecular weight excluding hydrogens is 242 g/mol. The molecule has 4 heteroatoms. The van der Waals surface area contributed by atoms with Gasteiger partial charge in [0, 0.05) is 13.8 Å². The van der Waals surface area contributed by atoms with Crippen molar-refractivity contribution in [2.45, 2.75) is 58.1 Å². The highest BCUT2D eigenvalue weighted by molar-refractivity contribution is 5.74. The second-order valence-corrected chi connectivity index (χ2v) is 4.71. The highest BCUT2D eigenvalue weighted by atomic mass is 16.5. The van der Waals surface area contributed by atoms with Gasteiger partial charge in [0.15, 0.2) is 0 Å².